The topological polar surface area (TPSA) is 55.1 Å². The number of benzene rings is 1. The van der Waals surface area contributed by atoms with E-state index in [0.29, 0.717) is 0 Å². The highest BCUT2D eigenvalue weighted by atomic mass is 32.1. The van der Waals surface area contributed by atoms with Crippen molar-refractivity contribution in [3.63, 3.8) is 0 Å². The monoisotopic (exact) mass is 353 g/mol. The first-order chi connectivity index (χ1) is 12.2. The largest absolute Gasteiger partial charge is 0.370 e. The standard InChI is InChI=1S/C18H16FN5S/c1-12-16(25-11-21-12)6-8-20-18-10-15(13-2-4-14(19)5-3-13)23-17-7-9-22-24(17)18/h2-5,7,9-11,20H,6,8H2,1H3. The number of nitrogens with one attached hydrogen (secondary N) is 1. The third kappa shape index (κ3) is 3.23. The molecule has 126 valence electrons. The summed E-state index contributed by atoms with van der Waals surface area (Å²) in [6.07, 6.45) is 2.61. The smallest absolute Gasteiger partial charge is 0.157 e. The first-order valence-electron chi connectivity index (χ1n) is 7.94. The van der Waals surface area contributed by atoms with Gasteiger partial charge in [-0.25, -0.2) is 14.4 Å². The van der Waals surface area contributed by atoms with Gasteiger partial charge in [0.2, 0.25) is 0 Å². The van der Waals surface area contributed by atoms with E-state index in [1.54, 1.807) is 34.2 Å². The van der Waals surface area contributed by atoms with Crippen LogP contribution in [-0.4, -0.2) is 26.1 Å². The van der Waals surface area contributed by atoms with Crippen LogP contribution in [0.3, 0.4) is 0 Å². The van der Waals surface area contributed by atoms with Crippen LogP contribution in [0.25, 0.3) is 16.9 Å². The molecule has 4 rings (SSSR count). The van der Waals surface area contributed by atoms with Crippen molar-refractivity contribution in [3.05, 3.63) is 64.5 Å². The lowest BCUT2D eigenvalue weighted by molar-refractivity contribution is 0.628. The zero-order valence-electron chi connectivity index (χ0n) is 13.6. The van der Waals surface area contributed by atoms with E-state index in [9.17, 15) is 4.39 Å². The van der Waals surface area contributed by atoms with Crippen LogP contribution < -0.4 is 5.32 Å². The molecule has 0 aliphatic carbocycles. The number of anilines is 1. The Bertz CT molecular complexity index is 1010. The second-order valence-electron chi connectivity index (χ2n) is 5.67. The summed E-state index contributed by atoms with van der Waals surface area (Å²) in [7, 11) is 0. The first kappa shape index (κ1) is 15.7. The fraction of sp³-hybridized carbons (Fsp3) is 0.167. The van der Waals surface area contributed by atoms with Gasteiger partial charge in [0.15, 0.2) is 5.65 Å². The number of aryl methyl sites for hydroxylation is 1. The number of aromatic nitrogens is 4. The predicted molar refractivity (Wildman–Crippen MR) is 97.4 cm³/mol. The molecule has 1 aromatic carbocycles. The van der Waals surface area contributed by atoms with Crippen LogP contribution in [0, 0.1) is 12.7 Å². The predicted octanol–water partition coefficient (Wildman–Crippen LogP) is 3.95. The van der Waals surface area contributed by atoms with Gasteiger partial charge in [-0.05, 0) is 31.2 Å². The van der Waals surface area contributed by atoms with E-state index in [0.717, 1.165) is 41.4 Å². The average molecular weight is 353 g/mol. The Balaban J connectivity index is 1.62. The normalized spacial score (nSPS) is 11.1. The van der Waals surface area contributed by atoms with Gasteiger partial charge in [0, 0.05) is 35.5 Å². The Labute approximate surface area is 148 Å². The fourth-order valence-electron chi connectivity index (χ4n) is 2.68. The molecule has 0 unspecified atom stereocenters. The maximum absolute atomic E-state index is 13.2. The van der Waals surface area contributed by atoms with Crippen molar-refractivity contribution < 1.29 is 4.39 Å². The van der Waals surface area contributed by atoms with E-state index >= 15 is 0 Å². The van der Waals surface area contributed by atoms with Crippen LogP contribution in [0.1, 0.15) is 10.6 Å². The molecular weight excluding hydrogens is 337 g/mol. The van der Waals surface area contributed by atoms with E-state index < -0.39 is 0 Å². The van der Waals surface area contributed by atoms with E-state index in [-0.39, 0.29) is 5.82 Å². The highest BCUT2D eigenvalue weighted by molar-refractivity contribution is 7.09. The summed E-state index contributed by atoms with van der Waals surface area (Å²) in [5.41, 5.74) is 5.35. The third-order valence-corrected chi connectivity index (χ3v) is 5.00. The molecule has 25 heavy (non-hydrogen) atoms. The van der Waals surface area contributed by atoms with Gasteiger partial charge in [0.1, 0.15) is 11.6 Å². The molecule has 3 heterocycles. The maximum Gasteiger partial charge on any atom is 0.157 e. The van der Waals surface area contributed by atoms with Crippen LogP contribution >= 0.6 is 11.3 Å². The fourth-order valence-corrected chi connectivity index (χ4v) is 3.46. The zero-order valence-corrected chi connectivity index (χ0v) is 14.4. The van der Waals surface area contributed by atoms with Crippen molar-refractivity contribution in [2.24, 2.45) is 0 Å². The summed E-state index contributed by atoms with van der Waals surface area (Å²) in [4.78, 5) is 10.2. The molecule has 4 aromatic rings. The van der Waals surface area contributed by atoms with Gasteiger partial charge < -0.3 is 5.32 Å². The van der Waals surface area contributed by atoms with Crippen molar-refractivity contribution >= 4 is 22.8 Å². The molecule has 0 spiro atoms. The Kier molecular flexibility index (Phi) is 4.15. The van der Waals surface area contributed by atoms with Crippen molar-refractivity contribution in [2.45, 2.75) is 13.3 Å². The van der Waals surface area contributed by atoms with Crippen molar-refractivity contribution in [2.75, 3.05) is 11.9 Å². The molecule has 0 fully saturated rings. The van der Waals surface area contributed by atoms with Crippen LogP contribution in [0.5, 0.6) is 0 Å². The molecule has 1 N–H and O–H groups in total. The molecule has 5 nitrogen and oxygen atoms in total. The van der Waals surface area contributed by atoms with Gasteiger partial charge >= 0.3 is 0 Å². The van der Waals surface area contributed by atoms with E-state index in [1.165, 1.54) is 17.0 Å². The second kappa shape index (κ2) is 6.60. The molecular formula is C18H16FN5S. The summed E-state index contributed by atoms with van der Waals surface area (Å²) in [6, 6.07) is 10.1. The molecule has 7 heteroatoms. The average Bonchev–Trinajstić information content (AvgIpc) is 3.24. The SMILES string of the molecule is Cc1ncsc1CCNc1cc(-c2ccc(F)cc2)nc2ccnn12. The molecule has 0 radical (unpaired) electrons. The Morgan fingerprint density at radius 1 is 1.20 bits per heavy atom. The summed E-state index contributed by atoms with van der Waals surface area (Å²) >= 11 is 1.67. The van der Waals surface area contributed by atoms with Gasteiger partial charge in [-0.1, -0.05) is 0 Å². The number of hydrogen-bond acceptors (Lipinski definition) is 5. The van der Waals surface area contributed by atoms with Gasteiger partial charge in [0.25, 0.3) is 0 Å². The Morgan fingerprint density at radius 2 is 2.04 bits per heavy atom. The molecule has 0 bridgehead atoms. The number of rotatable bonds is 5. The number of halogens is 1. The summed E-state index contributed by atoms with van der Waals surface area (Å²) in [5, 5.41) is 7.75. The van der Waals surface area contributed by atoms with Gasteiger partial charge in [-0.3, -0.25) is 0 Å². The number of thiazole rings is 1. The molecule has 0 atom stereocenters. The van der Waals surface area contributed by atoms with Crippen molar-refractivity contribution in [3.8, 4) is 11.3 Å². The third-order valence-electron chi connectivity index (χ3n) is 4.00. The highest BCUT2D eigenvalue weighted by Gasteiger charge is 2.09. The number of nitrogens with zero attached hydrogens (tertiary/aromatic N) is 4. The molecule has 0 aliphatic rings. The van der Waals surface area contributed by atoms with E-state index in [2.05, 4.69) is 20.4 Å². The second-order valence-corrected chi connectivity index (χ2v) is 6.61. The summed E-state index contributed by atoms with van der Waals surface area (Å²) in [5.74, 6) is 0.601. The number of hydrogen-bond donors (Lipinski definition) is 1. The molecule has 0 amide bonds. The molecule has 0 aliphatic heterocycles. The van der Waals surface area contributed by atoms with Crippen LogP contribution in [0.2, 0.25) is 0 Å². The molecule has 0 saturated heterocycles. The molecule has 3 aromatic heterocycles. The lowest BCUT2D eigenvalue weighted by atomic mass is 10.1. The summed E-state index contributed by atoms with van der Waals surface area (Å²) in [6.45, 7) is 2.79. The van der Waals surface area contributed by atoms with E-state index in [4.69, 9.17) is 0 Å². The Morgan fingerprint density at radius 3 is 2.80 bits per heavy atom. The van der Waals surface area contributed by atoms with E-state index in [1.807, 2.05) is 24.6 Å². The lowest BCUT2D eigenvalue weighted by Gasteiger charge is -2.10. The van der Waals surface area contributed by atoms with Gasteiger partial charge in [0.05, 0.1) is 23.1 Å². The van der Waals surface area contributed by atoms with Crippen LogP contribution in [0.15, 0.2) is 48.1 Å². The first-order valence-corrected chi connectivity index (χ1v) is 8.82. The maximum atomic E-state index is 13.2. The Hall–Kier alpha value is -2.80. The van der Waals surface area contributed by atoms with Crippen LogP contribution in [0.4, 0.5) is 10.2 Å². The van der Waals surface area contributed by atoms with Gasteiger partial charge in [-0.2, -0.15) is 9.61 Å². The minimum atomic E-state index is -0.257. The van der Waals surface area contributed by atoms with Crippen LogP contribution in [-0.2, 0) is 6.42 Å². The highest BCUT2D eigenvalue weighted by Crippen LogP contribution is 2.22. The van der Waals surface area contributed by atoms with Crippen molar-refractivity contribution in [1.82, 2.24) is 19.6 Å². The quantitative estimate of drug-likeness (QED) is 0.590. The zero-order chi connectivity index (χ0) is 17.2. The minimum Gasteiger partial charge on any atom is -0.370 e. The van der Waals surface area contributed by atoms with Gasteiger partial charge in [-0.15, -0.1) is 11.3 Å². The minimum absolute atomic E-state index is 0.257. The number of fused-ring (bicyclic) bond motifs is 1. The lowest BCUT2D eigenvalue weighted by Crippen LogP contribution is -2.10. The summed E-state index contributed by atoms with van der Waals surface area (Å²) < 4.78 is 14.9. The van der Waals surface area contributed by atoms with Crippen molar-refractivity contribution in [1.29, 1.82) is 0 Å². The molecule has 0 saturated carbocycles.